The predicted molar refractivity (Wildman–Crippen MR) is 85.4 cm³/mol. The lowest BCUT2D eigenvalue weighted by Gasteiger charge is -2.19. The van der Waals surface area contributed by atoms with Crippen LogP contribution in [0.4, 0.5) is 5.95 Å². The van der Waals surface area contributed by atoms with Crippen LogP contribution in [-0.2, 0) is 16.0 Å². The molecule has 0 aliphatic heterocycles. The Balaban J connectivity index is 2.54. The predicted octanol–water partition coefficient (Wildman–Crippen LogP) is 1.53. The molecule has 8 nitrogen and oxygen atoms in total. The van der Waals surface area contributed by atoms with Gasteiger partial charge in [-0.05, 0) is 18.4 Å². The lowest BCUT2D eigenvalue weighted by Crippen LogP contribution is -2.40. The molecule has 1 rings (SSSR count). The van der Waals surface area contributed by atoms with Crippen molar-refractivity contribution in [2.24, 2.45) is 5.92 Å². The fourth-order valence-electron chi connectivity index (χ4n) is 2.04. The first-order valence-corrected chi connectivity index (χ1v) is 7.88. The Morgan fingerprint density at radius 3 is 2.61 bits per heavy atom. The van der Waals surface area contributed by atoms with Crippen LogP contribution >= 0.6 is 0 Å². The minimum absolute atomic E-state index is 0.0453. The zero-order valence-corrected chi connectivity index (χ0v) is 13.7. The summed E-state index contributed by atoms with van der Waals surface area (Å²) in [6.07, 6.45) is 7.95. The molecule has 0 fully saturated rings. The minimum Gasteiger partial charge on any atom is -0.286 e. The number of anilines is 1. The van der Waals surface area contributed by atoms with Crippen LogP contribution in [0.15, 0.2) is 12.4 Å². The molecule has 128 valence electrons. The first-order valence-electron chi connectivity index (χ1n) is 7.88. The van der Waals surface area contributed by atoms with Gasteiger partial charge in [0.25, 0.3) is 0 Å². The second-order valence-corrected chi connectivity index (χ2v) is 5.30. The number of hydrazine groups is 1. The van der Waals surface area contributed by atoms with Crippen LogP contribution in [0.3, 0.4) is 0 Å². The summed E-state index contributed by atoms with van der Waals surface area (Å²) < 4.78 is 0. The fourth-order valence-corrected chi connectivity index (χ4v) is 2.04. The molecule has 0 saturated carbocycles. The van der Waals surface area contributed by atoms with Gasteiger partial charge in [-0.3, -0.25) is 25.6 Å². The molecule has 8 heteroatoms. The number of aryl methyl sites for hydroxylation is 1. The molecule has 0 radical (unpaired) electrons. The first kappa shape index (κ1) is 18.8. The number of nitrogens with zero attached hydrogens (tertiary/aromatic N) is 3. The number of amides is 2. The lowest BCUT2D eigenvalue weighted by atomic mass is 10.0. The highest BCUT2D eigenvalue weighted by atomic mass is 16.5. The second kappa shape index (κ2) is 10.5. The van der Waals surface area contributed by atoms with Gasteiger partial charge in [0.15, 0.2) is 0 Å². The highest BCUT2D eigenvalue weighted by Crippen LogP contribution is 2.11. The molecule has 1 aromatic heterocycles. The van der Waals surface area contributed by atoms with Gasteiger partial charge in [0.1, 0.15) is 0 Å². The van der Waals surface area contributed by atoms with E-state index in [2.05, 4.69) is 27.7 Å². The van der Waals surface area contributed by atoms with Crippen molar-refractivity contribution < 1.29 is 14.8 Å². The van der Waals surface area contributed by atoms with Crippen molar-refractivity contribution in [3.8, 4) is 0 Å². The van der Waals surface area contributed by atoms with E-state index in [1.165, 1.54) is 0 Å². The van der Waals surface area contributed by atoms with E-state index in [1.807, 2.05) is 6.92 Å². The van der Waals surface area contributed by atoms with E-state index in [0.29, 0.717) is 23.8 Å². The number of rotatable bonds is 11. The molecule has 0 bridgehead atoms. The van der Waals surface area contributed by atoms with E-state index >= 15 is 0 Å². The van der Waals surface area contributed by atoms with E-state index in [0.717, 1.165) is 31.2 Å². The Bertz CT molecular complexity index is 481. The second-order valence-electron chi connectivity index (χ2n) is 5.30. The lowest BCUT2D eigenvalue weighted by molar-refractivity contribution is -0.154. The van der Waals surface area contributed by atoms with E-state index < -0.39 is 5.92 Å². The van der Waals surface area contributed by atoms with Crippen molar-refractivity contribution in [1.29, 1.82) is 0 Å². The van der Waals surface area contributed by atoms with E-state index in [9.17, 15) is 14.8 Å². The number of hydrogen-bond donors (Lipinski definition) is 3. The van der Waals surface area contributed by atoms with Gasteiger partial charge in [-0.2, -0.15) is 0 Å². The summed E-state index contributed by atoms with van der Waals surface area (Å²) in [6, 6.07) is 0. The van der Waals surface area contributed by atoms with Gasteiger partial charge in [-0.15, -0.1) is 0 Å². The smallest absolute Gasteiger partial charge is 0.243 e. The Kier molecular flexibility index (Phi) is 8.59. The zero-order valence-electron chi connectivity index (χ0n) is 13.7. The molecule has 23 heavy (non-hydrogen) atoms. The molecule has 0 unspecified atom stereocenters. The average Bonchev–Trinajstić information content (AvgIpc) is 2.59. The summed E-state index contributed by atoms with van der Waals surface area (Å²) in [5.74, 6) is -0.525. The number of carbonyl (C=O) groups is 2. The molecule has 3 N–H and O–H groups in total. The highest BCUT2D eigenvalue weighted by molar-refractivity contribution is 5.80. The SMILES string of the molecule is CCCCC[C@H](CN(O)C=O)C(=O)NNc1ncc(CC)cn1. The zero-order chi connectivity index (χ0) is 17.1. The third kappa shape index (κ3) is 7.05. The minimum atomic E-state index is -0.501. The van der Waals surface area contributed by atoms with Crippen LogP contribution in [0.25, 0.3) is 0 Å². The summed E-state index contributed by atoms with van der Waals surface area (Å²) in [6.45, 7) is 4.02. The quantitative estimate of drug-likeness (QED) is 0.247. The fraction of sp³-hybridized carbons (Fsp3) is 0.600. The maximum absolute atomic E-state index is 12.2. The highest BCUT2D eigenvalue weighted by Gasteiger charge is 2.20. The molecular weight excluding hydrogens is 298 g/mol. The summed E-state index contributed by atoms with van der Waals surface area (Å²) in [7, 11) is 0. The molecule has 1 atom stereocenters. The summed E-state index contributed by atoms with van der Waals surface area (Å²) >= 11 is 0. The normalized spacial score (nSPS) is 11.6. The van der Waals surface area contributed by atoms with Gasteiger partial charge < -0.3 is 0 Å². The van der Waals surface area contributed by atoms with Crippen molar-refractivity contribution >= 4 is 18.3 Å². The Morgan fingerprint density at radius 2 is 2.04 bits per heavy atom. The van der Waals surface area contributed by atoms with Gasteiger partial charge in [0.2, 0.25) is 18.3 Å². The first-order chi connectivity index (χ1) is 11.1. The Labute approximate surface area is 136 Å². The van der Waals surface area contributed by atoms with Gasteiger partial charge in [-0.25, -0.2) is 15.0 Å². The third-order valence-electron chi connectivity index (χ3n) is 3.47. The molecule has 0 aliphatic rings. The van der Waals surface area contributed by atoms with Gasteiger partial charge in [0.05, 0.1) is 12.5 Å². The van der Waals surface area contributed by atoms with Gasteiger partial charge >= 0.3 is 0 Å². The van der Waals surface area contributed by atoms with Crippen LogP contribution in [0, 0.1) is 5.92 Å². The van der Waals surface area contributed by atoms with Crippen LogP contribution in [-0.4, -0.2) is 39.1 Å². The maximum atomic E-state index is 12.2. The van der Waals surface area contributed by atoms with Crippen LogP contribution in [0.5, 0.6) is 0 Å². The van der Waals surface area contributed by atoms with E-state index in [1.54, 1.807) is 12.4 Å². The van der Waals surface area contributed by atoms with Gasteiger partial charge in [0, 0.05) is 12.4 Å². The van der Waals surface area contributed by atoms with Crippen molar-refractivity contribution in [1.82, 2.24) is 20.5 Å². The number of nitrogens with one attached hydrogen (secondary N) is 2. The van der Waals surface area contributed by atoms with Crippen LogP contribution < -0.4 is 10.9 Å². The van der Waals surface area contributed by atoms with Gasteiger partial charge in [-0.1, -0.05) is 33.1 Å². The largest absolute Gasteiger partial charge is 0.286 e. The molecule has 0 saturated heterocycles. The molecular formula is C15H25N5O3. The van der Waals surface area contributed by atoms with E-state index in [4.69, 9.17) is 0 Å². The van der Waals surface area contributed by atoms with Crippen molar-refractivity contribution in [3.05, 3.63) is 18.0 Å². The molecule has 0 spiro atoms. The van der Waals surface area contributed by atoms with Crippen LogP contribution in [0.1, 0.15) is 45.1 Å². The standard InChI is InChI=1S/C15H25N5O3/c1-3-5-6-7-13(10-20(23)11-21)14(22)18-19-15-16-8-12(4-2)9-17-15/h8-9,11,13,23H,3-7,10H2,1-2H3,(H,18,22)(H,16,17,19)/t13-/m1/s1. The Hall–Kier alpha value is -2.22. The number of aromatic nitrogens is 2. The molecule has 1 aromatic rings. The van der Waals surface area contributed by atoms with Crippen LogP contribution in [0.2, 0.25) is 0 Å². The molecule has 1 heterocycles. The summed E-state index contributed by atoms with van der Waals surface area (Å²) in [4.78, 5) is 30.9. The summed E-state index contributed by atoms with van der Waals surface area (Å²) in [5, 5.41) is 9.81. The number of hydrogen-bond acceptors (Lipinski definition) is 6. The monoisotopic (exact) mass is 323 g/mol. The summed E-state index contributed by atoms with van der Waals surface area (Å²) in [5.41, 5.74) is 6.17. The molecule has 0 aliphatic carbocycles. The average molecular weight is 323 g/mol. The number of unbranched alkanes of at least 4 members (excludes halogenated alkanes) is 2. The van der Waals surface area contributed by atoms with E-state index in [-0.39, 0.29) is 12.5 Å². The topological polar surface area (TPSA) is 107 Å². The molecule has 0 aromatic carbocycles. The Morgan fingerprint density at radius 1 is 1.35 bits per heavy atom. The number of carbonyl (C=O) groups excluding carboxylic acids is 2. The maximum Gasteiger partial charge on any atom is 0.243 e. The van der Waals surface area contributed by atoms with Crippen molar-refractivity contribution in [2.75, 3.05) is 12.0 Å². The third-order valence-corrected chi connectivity index (χ3v) is 3.47. The molecule has 2 amide bonds. The number of hydroxylamine groups is 2. The van der Waals surface area contributed by atoms with Crippen molar-refractivity contribution in [2.45, 2.75) is 46.0 Å². The van der Waals surface area contributed by atoms with Crippen molar-refractivity contribution in [3.63, 3.8) is 0 Å².